The van der Waals surface area contributed by atoms with E-state index >= 15 is 0 Å². The van der Waals surface area contributed by atoms with Crippen molar-refractivity contribution in [3.63, 3.8) is 0 Å². The normalized spacial score (nSPS) is 16.5. The predicted molar refractivity (Wildman–Crippen MR) is 96.9 cm³/mol. The molecule has 0 radical (unpaired) electrons. The summed E-state index contributed by atoms with van der Waals surface area (Å²) in [6.45, 7) is 8.56. The minimum Gasteiger partial charge on any atom is -0.475 e. The molecule has 1 aliphatic heterocycles. The number of nitrogens with two attached hydrogens (primary N) is 1. The first kappa shape index (κ1) is 16.7. The van der Waals surface area contributed by atoms with E-state index in [9.17, 15) is 0 Å². The Morgan fingerprint density at radius 2 is 1.83 bits per heavy atom. The number of anilines is 1. The number of benzene rings is 1. The van der Waals surface area contributed by atoms with E-state index in [2.05, 4.69) is 46.1 Å². The van der Waals surface area contributed by atoms with Crippen molar-refractivity contribution in [2.75, 3.05) is 18.8 Å². The Balaban J connectivity index is 1.89. The first-order valence-electron chi connectivity index (χ1n) is 8.68. The van der Waals surface area contributed by atoms with Gasteiger partial charge in [-0.2, -0.15) is 4.98 Å². The van der Waals surface area contributed by atoms with Crippen LogP contribution in [0.1, 0.15) is 45.2 Å². The molecule has 0 unspecified atom stereocenters. The second-order valence-corrected chi connectivity index (χ2v) is 6.66. The highest BCUT2D eigenvalue weighted by molar-refractivity contribution is 5.62. The van der Waals surface area contributed by atoms with Crippen molar-refractivity contribution < 1.29 is 4.74 Å². The molecule has 0 aliphatic carbocycles. The maximum absolute atomic E-state index is 5.86. The number of ether oxygens (including phenoxy) is 1. The van der Waals surface area contributed by atoms with Crippen LogP contribution in [0.25, 0.3) is 11.3 Å². The number of aromatic nitrogens is 2. The van der Waals surface area contributed by atoms with Crippen molar-refractivity contribution >= 4 is 5.95 Å². The van der Waals surface area contributed by atoms with Crippen LogP contribution in [-0.4, -0.2) is 34.1 Å². The molecule has 5 heteroatoms. The molecular weight excluding hydrogens is 300 g/mol. The van der Waals surface area contributed by atoms with Gasteiger partial charge in [-0.3, -0.25) is 4.90 Å². The van der Waals surface area contributed by atoms with Crippen LogP contribution >= 0.6 is 0 Å². The van der Waals surface area contributed by atoms with Crippen LogP contribution in [0.5, 0.6) is 5.88 Å². The molecule has 128 valence electrons. The van der Waals surface area contributed by atoms with E-state index in [-0.39, 0.29) is 12.1 Å². The number of nitrogens with zero attached hydrogens (tertiary/aromatic N) is 3. The summed E-state index contributed by atoms with van der Waals surface area (Å²) >= 11 is 0. The van der Waals surface area contributed by atoms with E-state index in [1.54, 1.807) is 0 Å². The standard InChI is InChI=1S/C19H26N4O/c1-13(2)24-18-12-17(21-19(20)22-18)16-8-6-7-15(11-16)14(3)23-9-4-5-10-23/h6-8,11-14H,4-5,9-10H2,1-3H3,(H2,20,21,22)/t14-/m0/s1. The van der Waals surface area contributed by atoms with Crippen LogP contribution in [0, 0.1) is 0 Å². The average molecular weight is 326 g/mol. The summed E-state index contributed by atoms with van der Waals surface area (Å²) < 4.78 is 5.68. The molecule has 0 saturated carbocycles. The van der Waals surface area contributed by atoms with Crippen LogP contribution in [0.4, 0.5) is 5.95 Å². The molecule has 1 atom stereocenters. The van der Waals surface area contributed by atoms with Gasteiger partial charge in [0.05, 0.1) is 11.8 Å². The minimum atomic E-state index is 0.0497. The third-order valence-corrected chi connectivity index (χ3v) is 4.43. The maximum atomic E-state index is 5.86. The first-order valence-corrected chi connectivity index (χ1v) is 8.68. The van der Waals surface area contributed by atoms with Gasteiger partial charge in [0.1, 0.15) is 0 Å². The van der Waals surface area contributed by atoms with Gasteiger partial charge in [-0.15, -0.1) is 0 Å². The molecule has 3 rings (SSSR count). The summed E-state index contributed by atoms with van der Waals surface area (Å²) in [5, 5.41) is 0. The molecule has 1 aromatic heterocycles. The zero-order valence-corrected chi connectivity index (χ0v) is 14.7. The van der Waals surface area contributed by atoms with E-state index in [1.165, 1.54) is 31.5 Å². The number of likely N-dealkylation sites (tertiary alicyclic amines) is 1. The Morgan fingerprint density at radius 3 is 2.54 bits per heavy atom. The Hall–Kier alpha value is -2.14. The lowest BCUT2D eigenvalue weighted by molar-refractivity contribution is 0.233. The molecule has 1 aromatic carbocycles. The second kappa shape index (κ2) is 7.18. The number of hydrogen-bond donors (Lipinski definition) is 1. The third-order valence-electron chi connectivity index (χ3n) is 4.43. The van der Waals surface area contributed by atoms with E-state index in [4.69, 9.17) is 10.5 Å². The smallest absolute Gasteiger partial charge is 0.223 e. The summed E-state index contributed by atoms with van der Waals surface area (Å²) in [6.07, 6.45) is 2.64. The summed E-state index contributed by atoms with van der Waals surface area (Å²) in [5.41, 5.74) is 9.01. The predicted octanol–water partition coefficient (Wildman–Crippen LogP) is 3.67. The fraction of sp³-hybridized carbons (Fsp3) is 0.474. The maximum Gasteiger partial charge on any atom is 0.223 e. The summed E-state index contributed by atoms with van der Waals surface area (Å²) in [4.78, 5) is 11.1. The molecule has 2 heterocycles. The summed E-state index contributed by atoms with van der Waals surface area (Å²) in [6, 6.07) is 10.8. The third kappa shape index (κ3) is 3.85. The van der Waals surface area contributed by atoms with Crippen LogP contribution < -0.4 is 10.5 Å². The van der Waals surface area contributed by atoms with Crippen molar-refractivity contribution in [3.05, 3.63) is 35.9 Å². The summed E-state index contributed by atoms with van der Waals surface area (Å²) in [7, 11) is 0. The van der Waals surface area contributed by atoms with Gasteiger partial charge in [-0.05, 0) is 58.3 Å². The topological polar surface area (TPSA) is 64.3 Å². The Morgan fingerprint density at radius 1 is 1.08 bits per heavy atom. The number of rotatable bonds is 5. The SMILES string of the molecule is CC(C)Oc1cc(-c2cccc([C@H](C)N3CCCC3)c2)nc(N)n1. The van der Waals surface area contributed by atoms with Crippen LogP contribution in [0.3, 0.4) is 0 Å². The molecule has 1 fully saturated rings. The summed E-state index contributed by atoms with van der Waals surface area (Å²) in [5.74, 6) is 0.756. The highest BCUT2D eigenvalue weighted by Gasteiger charge is 2.19. The second-order valence-electron chi connectivity index (χ2n) is 6.66. The van der Waals surface area contributed by atoms with Crippen molar-refractivity contribution in [3.8, 4) is 17.1 Å². The van der Waals surface area contributed by atoms with Gasteiger partial charge in [-0.25, -0.2) is 4.98 Å². The highest BCUT2D eigenvalue weighted by atomic mass is 16.5. The van der Waals surface area contributed by atoms with E-state index in [0.717, 1.165) is 11.3 Å². The largest absolute Gasteiger partial charge is 0.475 e. The average Bonchev–Trinajstić information content (AvgIpc) is 3.07. The Labute approximate surface area is 143 Å². The lowest BCUT2D eigenvalue weighted by Gasteiger charge is -2.24. The highest BCUT2D eigenvalue weighted by Crippen LogP contribution is 2.29. The van der Waals surface area contributed by atoms with Gasteiger partial charge in [0.2, 0.25) is 11.8 Å². The van der Waals surface area contributed by atoms with Crippen LogP contribution in [-0.2, 0) is 0 Å². The van der Waals surface area contributed by atoms with Crippen molar-refractivity contribution in [2.45, 2.75) is 45.8 Å². The molecule has 2 N–H and O–H groups in total. The molecular formula is C19H26N4O. The van der Waals surface area contributed by atoms with E-state index in [0.29, 0.717) is 11.9 Å². The molecule has 0 spiro atoms. The zero-order chi connectivity index (χ0) is 17.1. The van der Waals surface area contributed by atoms with Gasteiger partial charge in [0, 0.05) is 17.7 Å². The Kier molecular flexibility index (Phi) is 5.00. The van der Waals surface area contributed by atoms with Crippen LogP contribution in [0.15, 0.2) is 30.3 Å². The molecule has 1 saturated heterocycles. The lowest BCUT2D eigenvalue weighted by Crippen LogP contribution is -2.23. The van der Waals surface area contributed by atoms with Crippen molar-refractivity contribution in [1.29, 1.82) is 0 Å². The van der Waals surface area contributed by atoms with Crippen LogP contribution in [0.2, 0.25) is 0 Å². The zero-order valence-electron chi connectivity index (χ0n) is 14.7. The molecule has 1 aliphatic rings. The minimum absolute atomic E-state index is 0.0497. The fourth-order valence-corrected chi connectivity index (χ4v) is 3.19. The van der Waals surface area contributed by atoms with E-state index in [1.807, 2.05) is 19.9 Å². The van der Waals surface area contributed by atoms with Gasteiger partial charge >= 0.3 is 0 Å². The van der Waals surface area contributed by atoms with Crippen molar-refractivity contribution in [2.24, 2.45) is 0 Å². The quantitative estimate of drug-likeness (QED) is 0.908. The molecule has 24 heavy (non-hydrogen) atoms. The van der Waals surface area contributed by atoms with Crippen molar-refractivity contribution in [1.82, 2.24) is 14.9 Å². The first-order chi connectivity index (χ1) is 11.5. The molecule has 0 amide bonds. The monoisotopic (exact) mass is 326 g/mol. The van der Waals surface area contributed by atoms with E-state index < -0.39 is 0 Å². The number of nitrogen functional groups attached to an aromatic ring is 1. The van der Waals surface area contributed by atoms with Gasteiger partial charge in [-0.1, -0.05) is 18.2 Å². The lowest BCUT2D eigenvalue weighted by atomic mass is 10.0. The van der Waals surface area contributed by atoms with Gasteiger partial charge in [0.15, 0.2) is 0 Å². The Bertz CT molecular complexity index is 696. The molecule has 0 bridgehead atoms. The molecule has 2 aromatic rings. The number of hydrogen-bond acceptors (Lipinski definition) is 5. The van der Waals surface area contributed by atoms with Gasteiger partial charge in [0.25, 0.3) is 0 Å². The molecule has 5 nitrogen and oxygen atoms in total. The van der Waals surface area contributed by atoms with Gasteiger partial charge < -0.3 is 10.5 Å². The fourth-order valence-electron chi connectivity index (χ4n) is 3.19.